The van der Waals surface area contributed by atoms with Crippen molar-refractivity contribution in [1.29, 1.82) is 0 Å². The third-order valence-electron chi connectivity index (χ3n) is 5.97. The number of hydrogen-bond donors (Lipinski definition) is 1. The van der Waals surface area contributed by atoms with Crippen LogP contribution in [0.2, 0.25) is 0 Å². The van der Waals surface area contributed by atoms with Crippen molar-refractivity contribution in [2.45, 2.75) is 50.6 Å². The summed E-state index contributed by atoms with van der Waals surface area (Å²) in [7, 11) is 0. The topological polar surface area (TPSA) is 65.5 Å². The van der Waals surface area contributed by atoms with E-state index < -0.39 is 5.82 Å². The molecule has 7 heteroatoms. The number of nitrogens with zero attached hydrogens (tertiary/aromatic N) is 3. The second-order valence-electron chi connectivity index (χ2n) is 8.03. The molecule has 0 radical (unpaired) electrons. The number of carbonyl (C=O) groups is 2. The van der Waals surface area contributed by atoms with Gasteiger partial charge in [0.15, 0.2) is 0 Å². The molecule has 1 aliphatic carbocycles. The number of piperidine rings is 2. The number of carbonyl (C=O) groups excluding carboxylic acids is 2. The average Bonchev–Trinajstić information content (AvgIpc) is 3.51. The van der Waals surface area contributed by atoms with Crippen LogP contribution in [0.1, 0.15) is 48.9 Å². The number of halogens is 1. The van der Waals surface area contributed by atoms with Gasteiger partial charge < -0.3 is 10.2 Å². The summed E-state index contributed by atoms with van der Waals surface area (Å²) < 4.78 is 13.3. The minimum absolute atomic E-state index is 0.0948. The molecule has 1 atom stereocenters. The molecule has 2 aliphatic heterocycles. The van der Waals surface area contributed by atoms with E-state index in [2.05, 4.69) is 15.2 Å². The van der Waals surface area contributed by atoms with Crippen LogP contribution in [-0.4, -0.2) is 64.9 Å². The Kier molecular flexibility index (Phi) is 5.38. The summed E-state index contributed by atoms with van der Waals surface area (Å²) in [6, 6.07) is 2.07. The molecule has 0 spiro atoms. The number of nitrogens with one attached hydrogen (secondary N) is 1. The summed E-state index contributed by atoms with van der Waals surface area (Å²) in [6.07, 6.45) is 8.58. The van der Waals surface area contributed by atoms with E-state index in [-0.39, 0.29) is 17.7 Å². The van der Waals surface area contributed by atoms with Gasteiger partial charge in [0.1, 0.15) is 5.82 Å². The average molecular weight is 374 g/mol. The molecule has 1 saturated carbocycles. The molecule has 2 amide bonds. The van der Waals surface area contributed by atoms with E-state index in [4.69, 9.17) is 0 Å². The van der Waals surface area contributed by atoms with Gasteiger partial charge >= 0.3 is 0 Å². The first-order chi connectivity index (χ1) is 13.1. The number of likely N-dealkylation sites (tertiary alicyclic amines) is 2. The Bertz CT molecular complexity index is 701. The van der Waals surface area contributed by atoms with Crippen LogP contribution in [0.5, 0.6) is 0 Å². The van der Waals surface area contributed by atoms with Gasteiger partial charge in [-0.05, 0) is 51.1 Å². The molecule has 1 aromatic heterocycles. The second-order valence-corrected chi connectivity index (χ2v) is 8.03. The van der Waals surface area contributed by atoms with Crippen molar-refractivity contribution < 1.29 is 14.0 Å². The lowest BCUT2D eigenvalue weighted by atomic mass is 9.93. The van der Waals surface area contributed by atoms with Crippen molar-refractivity contribution >= 4 is 11.8 Å². The van der Waals surface area contributed by atoms with E-state index in [9.17, 15) is 14.0 Å². The fourth-order valence-corrected chi connectivity index (χ4v) is 4.24. The zero-order valence-electron chi connectivity index (χ0n) is 15.6. The van der Waals surface area contributed by atoms with Crippen molar-refractivity contribution in [3.05, 3.63) is 29.8 Å². The molecule has 1 aromatic rings. The van der Waals surface area contributed by atoms with Crippen molar-refractivity contribution in [2.24, 2.45) is 5.92 Å². The quantitative estimate of drug-likeness (QED) is 0.873. The molecule has 0 bridgehead atoms. The molecule has 146 valence electrons. The Hall–Kier alpha value is -2.02. The summed E-state index contributed by atoms with van der Waals surface area (Å²) in [5.74, 6) is -0.328. The first kappa shape index (κ1) is 18.3. The lowest BCUT2D eigenvalue weighted by Gasteiger charge is -2.42. The molecule has 1 N–H and O–H groups in total. The zero-order chi connectivity index (χ0) is 18.8. The number of pyridine rings is 1. The molecule has 3 aliphatic rings. The first-order valence-corrected chi connectivity index (χ1v) is 10.0. The van der Waals surface area contributed by atoms with Gasteiger partial charge in [-0.2, -0.15) is 0 Å². The van der Waals surface area contributed by atoms with E-state index in [1.54, 1.807) is 4.90 Å². The fourth-order valence-electron chi connectivity index (χ4n) is 4.24. The molecule has 0 aromatic carbocycles. The smallest absolute Gasteiger partial charge is 0.255 e. The Labute approximate surface area is 159 Å². The van der Waals surface area contributed by atoms with Gasteiger partial charge in [-0.15, -0.1) is 0 Å². The highest BCUT2D eigenvalue weighted by Gasteiger charge is 2.34. The standard InChI is InChI=1S/C20H27FN4O2/c21-16-10-15(11-22-12-16)20(27)24-8-5-18(6-9-24)25-7-1-2-14(13-25)19(26)23-17-3-4-17/h10-12,14,17-18H,1-9,13H2,(H,23,26)/t14-/m0/s1. The summed E-state index contributed by atoms with van der Waals surface area (Å²) in [5.41, 5.74) is 0.309. The number of amides is 2. The molecule has 3 fully saturated rings. The molecule has 3 heterocycles. The maximum absolute atomic E-state index is 13.3. The molecule has 27 heavy (non-hydrogen) atoms. The third-order valence-corrected chi connectivity index (χ3v) is 5.97. The van der Waals surface area contributed by atoms with E-state index >= 15 is 0 Å². The van der Waals surface area contributed by atoms with E-state index in [0.29, 0.717) is 30.7 Å². The van der Waals surface area contributed by atoms with Gasteiger partial charge in [0.25, 0.3) is 5.91 Å². The predicted molar refractivity (Wildman–Crippen MR) is 98.6 cm³/mol. The summed E-state index contributed by atoms with van der Waals surface area (Å²) in [5, 5.41) is 3.14. The van der Waals surface area contributed by atoms with Gasteiger partial charge in [0, 0.05) is 37.9 Å². The van der Waals surface area contributed by atoms with Crippen LogP contribution < -0.4 is 5.32 Å². The molecular formula is C20H27FN4O2. The maximum atomic E-state index is 13.3. The lowest BCUT2D eigenvalue weighted by molar-refractivity contribution is -0.127. The Balaban J connectivity index is 1.29. The van der Waals surface area contributed by atoms with E-state index in [1.807, 2.05) is 0 Å². The highest BCUT2D eigenvalue weighted by atomic mass is 19.1. The third kappa shape index (κ3) is 4.46. The van der Waals surface area contributed by atoms with Gasteiger partial charge in [-0.25, -0.2) is 4.39 Å². The van der Waals surface area contributed by atoms with Crippen molar-refractivity contribution in [3.8, 4) is 0 Å². The minimum Gasteiger partial charge on any atom is -0.353 e. The molecule has 6 nitrogen and oxygen atoms in total. The monoisotopic (exact) mass is 374 g/mol. The van der Waals surface area contributed by atoms with Crippen LogP contribution in [0.15, 0.2) is 18.5 Å². The van der Waals surface area contributed by atoms with E-state index in [1.165, 1.54) is 12.3 Å². The van der Waals surface area contributed by atoms with Crippen molar-refractivity contribution in [2.75, 3.05) is 26.2 Å². The van der Waals surface area contributed by atoms with Crippen molar-refractivity contribution in [3.63, 3.8) is 0 Å². The molecule has 0 unspecified atom stereocenters. The highest BCUT2D eigenvalue weighted by molar-refractivity contribution is 5.94. The van der Waals surface area contributed by atoms with Crippen LogP contribution in [0.25, 0.3) is 0 Å². The Morgan fingerprint density at radius 1 is 1.07 bits per heavy atom. The summed E-state index contributed by atoms with van der Waals surface area (Å²) in [4.78, 5) is 32.9. The Morgan fingerprint density at radius 3 is 2.56 bits per heavy atom. The zero-order valence-corrected chi connectivity index (χ0v) is 15.6. The molecule has 4 rings (SSSR count). The molecular weight excluding hydrogens is 347 g/mol. The SMILES string of the molecule is O=C(NC1CC1)[C@H]1CCCN(C2CCN(C(=O)c3cncc(F)c3)CC2)C1. The van der Waals surface area contributed by atoms with Crippen LogP contribution in [0.4, 0.5) is 4.39 Å². The van der Waals surface area contributed by atoms with Gasteiger partial charge in [0.05, 0.1) is 17.7 Å². The molecule has 2 saturated heterocycles. The van der Waals surface area contributed by atoms with Gasteiger partial charge in [0.2, 0.25) is 5.91 Å². The first-order valence-electron chi connectivity index (χ1n) is 10.0. The van der Waals surface area contributed by atoms with Gasteiger partial charge in [-0.3, -0.25) is 19.5 Å². The number of aromatic nitrogens is 1. The van der Waals surface area contributed by atoms with E-state index in [0.717, 1.165) is 57.8 Å². The van der Waals surface area contributed by atoms with Crippen LogP contribution in [-0.2, 0) is 4.79 Å². The summed E-state index contributed by atoms with van der Waals surface area (Å²) in [6.45, 7) is 3.18. The number of rotatable bonds is 4. The predicted octanol–water partition coefficient (Wildman–Crippen LogP) is 1.82. The largest absolute Gasteiger partial charge is 0.353 e. The van der Waals surface area contributed by atoms with Gasteiger partial charge in [-0.1, -0.05) is 0 Å². The normalized spacial score (nSPS) is 24.6. The maximum Gasteiger partial charge on any atom is 0.255 e. The summed E-state index contributed by atoms with van der Waals surface area (Å²) >= 11 is 0. The van der Waals surface area contributed by atoms with Crippen LogP contribution >= 0.6 is 0 Å². The number of hydrogen-bond acceptors (Lipinski definition) is 4. The van der Waals surface area contributed by atoms with Crippen molar-refractivity contribution in [1.82, 2.24) is 20.1 Å². The van der Waals surface area contributed by atoms with Crippen LogP contribution in [0.3, 0.4) is 0 Å². The van der Waals surface area contributed by atoms with Crippen LogP contribution in [0, 0.1) is 11.7 Å². The lowest BCUT2D eigenvalue weighted by Crippen LogP contribution is -2.51. The highest BCUT2D eigenvalue weighted by Crippen LogP contribution is 2.26. The fraction of sp³-hybridized carbons (Fsp3) is 0.650. The minimum atomic E-state index is -0.487. The second kappa shape index (κ2) is 7.92. The Morgan fingerprint density at radius 2 is 1.85 bits per heavy atom.